The number of rotatable bonds is 10. The minimum Gasteiger partial charge on any atom is -0.504 e. The van der Waals surface area contributed by atoms with Crippen LogP contribution in [0.3, 0.4) is 0 Å². The van der Waals surface area contributed by atoms with E-state index in [0.29, 0.717) is 31.0 Å². The minimum absolute atomic E-state index is 0.141. The van der Waals surface area contributed by atoms with E-state index in [-0.39, 0.29) is 40.1 Å². The van der Waals surface area contributed by atoms with Gasteiger partial charge in [0.15, 0.2) is 21.6 Å². The van der Waals surface area contributed by atoms with Gasteiger partial charge in [0.05, 0.1) is 23.5 Å². The predicted octanol–water partition coefficient (Wildman–Crippen LogP) is 4.81. The lowest BCUT2D eigenvalue weighted by Gasteiger charge is -2.22. The van der Waals surface area contributed by atoms with Gasteiger partial charge in [0.2, 0.25) is 0 Å². The summed E-state index contributed by atoms with van der Waals surface area (Å²) in [5, 5.41) is 18.7. The van der Waals surface area contributed by atoms with Gasteiger partial charge in [-0.25, -0.2) is 8.42 Å². The Hall–Kier alpha value is -2.48. The maximum atomic E-state index is 13.2. The number of hydrogen-bond donors (Lipinski definition) is 3. The van der Waals surface area contributed by atoms with Crippen LogP contribution in [-0.2, 0) is 14.8 Å². The molecule has 1 aliphatic rings. The lowest BCUT2D eigenvalue weighted by molar-refractivity contribution is -0.108. The second-order valence-corrected chi connectivity index (χ2v) is 12.4. The minimum atomic E-state index is -3.94. The molecule has 3 aromatic rings. The van der Waals surface area contributed by atoms with E-state index in [1.165, 1.54) is 9.69 Å². The fraction of sp³-hybridized carbons (Fsp3) is 0.500. The van der Waals surface area contributed by atoms with E-state index >= 15 is 0 Å². The average molecular weight is 540 g/mol. The highest BCUT2D eigenvalue weighted by molar-refractivity contribution is 7.91. The number of aldehydes is 1. The first-order valence-electron chi connectivity index (χ1n) is 11.3. The van der Waals surface area contributed by atoms with Crippen molar-refractivity contribution in [1.82, 2.24) is 13.1 Å². The number of aryl methyl sites for hydroxylation is 2. The zero-order valence-electron chi connectivity index (χ0n) is 19.9. The molecule has 0 amide bonds. The Kier molecular flexibility index (Phi) is 7.50. The lowest BCUT2D eigenvalue weighted by Crippen LogP contribution is -2.35. The predicted molar refractivity (Wildman–Crippen MR) is 136 cm³/mol. The number of aromatic hydroxyl groups is 1. The van der Waals surface area contributed by atoms with Crippen molar-refractivity contribution < 1.29 is 22.7 Å². The Morgan fingerprint density at radius 3 is 2.71 bits per heavy atom. The van der Waals surface area contributed by atoms with E-state index in [2.05, 4.69) is 33.2 Å². The van der Waals surface area contributed by atoms with Crippen LogP contribution < -0.4 is 10.6 Å². The van der Waals surface area contributed by atoms with Crippen molar-refractivity contribution in [3.05, 3.63) is 28.5 Å². The Balaban J connectivity index is 1.56. The van der Waals surface area contributed by atoms with E-state index in [1.807, 2.05) is 19.9 Å². The number of thiophene rings is 1. The summed E-state index contributed by atoms with van der Waals surface area (Å²) in [6.45, 7) is 8.37. The molecule has 1 unspecified atom stereocenters. The van der Waals surface area contributed by atoms with Gasteiger partial charge in [-0.3, -0.25) is 0 Å². The number of carbonyl (C=O) groups is 1. The topological polar surface area (TPSA) is 138 Å². The number of aromatic nitrogens is 2. The SMILES string of the molecule is Cc1cc([C@H](Nc2nsnc2Nc2csc(S(=O)(=O)N3CCCC3CC=O)c2O)C(C)C)oc1C. The highest BCUT2D eigenvalue weighted by atomic mass is 32.2. The number of furan rings is 1. The summed E-state index contributed by atoms with van der Waals surface area (Å²) in [5.41, 5.74) is 1.29. The molecule has 0 aliphatic carbocycles. The van der Waals surface area contributed by atoms with Gasteiger partial charge in [-0.15, -0.1) is 11.3 Å². The molecule has 1 aliphatic heterocycles. The van der Waals surface area contributed by atoms with E-state index in [4.69, 9.17) is 4.42 Å². The molecule has 0 saturated carbocycles. The zero-order chi connectivity index (χ0) is 25.3. The molecule has 4 heterocycles. The standard InChI is InChI=1S/C22H29N5O5S3/c1-12(2)18(17-10-13(3)14(4)32-17)24-21-20(25-34-26-21)23-16-11-33-22(19(16)29)35(30,31)27-8-5-6-15(27)7-9-28/h9-12,15,18,29H,5-8H2,1-4H3,(H,23,25)(H,24,26)/t15?,18-/m1/s1. The maximum absolute atomic E-state index is 13.2. The molecule has 0 radical (unpaired) electrons. The number of nitrogens with zero attached hydrogens (tertiary/aromatic N) is 3. The van der Waals surface area contributed by atoms with Crippen LogP contribution in [0.15, 0.2) is 20.1 Å². The van der Waals surface area contributed by atoms with Crippen LogP contribution in [0.1, 0.15) is 56.2 Å². The summed E-state index contributed by atoms with van der Waals surface area (Å²) in [5.74, 6) is 2.30. The molecule has 190 valence electrons. The first-order valence-corrected chi connectivity index (χ1v) is 14.4. The molecule has 0 bridgehead atoms. The summed E-state index contributed by atoms with van der Waals surface area (Å²) in [4.78, 5) is 11.0. The molecular formula is C22H29N5O5S3. The molecule has 0 aromatic carbocycles. The Labute approximate surface area is 212 Å². The number of sulfonamides is 1. The summed E-state index contributed by atoms with van der Waals surface area (Å²) >= 11 is 1.92. The number of carbonyl (C=O) groups excluding carboxylic acids is 1. The normalized spacial score (nSPS) is 17.7. The van der Waals surface area contributed by atoms with Crippen molar-refractivity contribution in [2.45, 2.75) is 63.3 Å². The quantitative estimate of drug-likeness (QED) is 0.310. The summed E-state index contributed by atoms with van der Waals surface area (Å²) in [6, 6.07) is 1.46. The van der Waals surface area contributed by atoms with Crippen molar-refractivity contribution in [2.24, 2.45) is 5.92 Å². The summed E-state index contributed by atoms with van der Waals surface area (Å²) < 4.78 is 42.1. The third-order valence-corrected chi connectivity index (χ3v) is 10.1. The van der Waals surface area contributed by atoms with Crippen LogP contribution in [-0.4, -0.2) is 45.4 Å². The van der Waals surface area contributed by atoms with Gasteiger partial charge in [0.25, 0.3) is 10.0 Å². The molecule has 3 aromatic heterocycles. The molecule has 10 nitrogen and oxygen atoms in total. The van der Waals surface area contributed by atoms with Crippen LogP contribution >= 0.6 is 23.1 Å². The average Bonchev–Trinajstić information content (AvgIpc) is 3.57. The molecular weight excluding hydrogens is 510 g/mol. The highest BCUT2D eigenvalue weighted by Gasteiger charge is 2.38. The largest absolute Gasteiger partial charge is 0.504 e. The number of hydrogen-bond acceptors (Lipinski definition) is 11. The van der Waals surface area contributed by atoms with Crippen LogP contribution in [0.25, 0.3) is 0 Å². The van der Waals surface area contributed by atoms with Crippen molar-refractivity contribution >= 4 is 56.7 Å². The van der Waals surface area contributed by atoms with Crippen LogP contribution in [0, 0.1) is 19.8 Å². The van der Waals surface area contributed by atoms with Crippen LogP contribution in [0.4, 0.5) is 17.3 Å². The second kappa shape index (κ2) is 10.2. The highest BCUT2D eigenvalue weighted by Crippen LogP contribution is 2.43. The molecule has 1 saturated heterocycles. The van der Waals surface area contributed by atoms with E-state index in [0.717, 1.165) is 46.4 Å². The third-order valence-electron chi connectivity index (χ3n) is 6.16. The summed E-state index contributed by atoms with van der Waals surface area (Å²) in [7, 11) is -3.94. The molecule has 3 N–H and O–H groups in total. The fourth-order valence-electron chi connectivity index (χ4n) is 4.15. The molecule has 0 spiro atoms. The number of anilines is 3. The molecule has 4 rings (SSSR count). The first-order chi connectivity index (χ1) is 16.6. The van der Waals surface area contributed by atoms with Gasteiger partial charge in [-0.1, -0.05) is 13.8 Å². The van der Waals surface area contributed by atoms with Crippen molar-refractivity contribution in [3.63, 3.8) is 0 Å². The Morgan fingerprint density at radius 2 is 2.06 bits per heavy atom. The monoisotopic (exact) mass is 539 g/mol. The third kappa shape index (κ3) is 5.08. The van der Waals surface area contributed by atoms with Gasteiger partial charge in [0, 0.05) is 24.4 Å². The number of nitrogens with one attached hydrogen (secondary N) is 2. The van der Waals surface area contributed by atoms with Gasteiger partial charge in [0.1, 0.15) is 17.8 Å². The van der Waals surface area contributed by atoms with E-state index in [9.17, 15) is 18.3 Å². The first kappa shape index (κ1) is 25.6. The van der Waals surface area contributed by atoms with E-state index in [1.54, 1.807) is 0 Å². The Bertz CT molecular complexity index is 1280. The fourth-order valence-corrected chi connectivity index (χ4v) is 7.68. The van der Waals surface area contributed by atoms with E-state index < -0.39 is 10.0 Å². The Morgan fingerprint density at radius 1 is 1.31 bits per heavy atom. The lowest BCUT2D eigenvalue weighted by atomic mass is 10.0. The van der Waals surface area contributed by atoms with Crippen molar-refractivity contribution in [1.29, 1.82) is 0 Å². The molecule has 1 fully saturated rings. The van der Waals surface area contributed by atoms with Gasteiger partial charge in [-0.05, 0) is 44.2 Å². The van der Waals surface area contributed by atoms with Gasteiger partial charge in [-0.2, -0.15) is 13.1 Å². The zero-order valence-corrected chi connectivity index (χ0v) is 22.4. The molecule has 13 heteroatoms. The van der Waals surface area contributed by atoms with Crippen molar-refractivity contribution in [3.8, 4) is 5.75 Å². The summed E-state index contributed by atoms with van der Waals surface area (Å²) in [6.07, 6.45) is 2.18. The van der Waals surface area contributed by atoms with Crippen LogP contribution in [0.5, 0.6) is 5.75 Å². The van der Waals surface area contributed by atoms with Crippen molar-refractivity contribution in [2.75, 3.05) is 17.2 Å². The van der Waals surface area contributed by atoms with Gasteiger partial charge >= 0.3 is 0 Å². The molecule has 2 atom stereocenters. The molecule has 35 heavy (non-hydrogen) atoms. The van der Waals surface area contributed by atoms with Crippen LogP contribution in [0.2, 0.25) is 0 Å². The smallest absolute Gasteiger partial charge is 0.256 e. The van der Waals surface area contributed by atoms with Gasteiger partial charge < -0.3 is 25.0 Å². The second-order valence-electron chi connectivity index (χ2n) is 8.94. The maximum Gasteiger partial charge on any atom is 0.256 e.